The average Bonchev–Trinajstić information content (AvgIpc) is 3.59. The molecule has 0 N–H and O–H groups in total. The number of fused-ring (bicyclic) bond motifs is 5. The van der Waals surface area contributed by atoms with Gasteiger partial charge in [-0.1, -0.05) is 146 Å². The molecule has 0 bridgehead atoms. The van der Waals surface area contributed by atoms with Crippen LogP contribution in [-0.2, 0) is 0 Å². The first-order valence-electron chi connectivity index (χ1n) is 18.4. The predicted octanol–water partition coefficient (Wildman–Crippen LogP) is 13.5. The Balaban J connectivity index is 1.12. The van der Waals surface area contributed by atoms with Gasteiger partial charge in [-0.2, -0.15) is 10.5 Å². The summed E-state index contributed by atoms with van der Waals surface area (Å²) in [5.74, 6) is 0. The minimum atomic E-state index is 0.576. The molecule has 0 aliphatic rings. The van der Waals surface area contributed by atoms with Gasteiger partial charge in [-0.05, 0) is 109 Å². The fourth-order valence-corrected chi connectivity index (χ4v) is 8.46. The van der Waals surface area contributed by atoms with E-state index in [1.54, 1.807) is 0 Å². The topological polar surface area (TPSA) is 52.5 Å². The summed E-state index contributed by atoms with van der Waals surface area (Å²) in [6.45, 7) is 0. The minimum absolute atomic E-state index is 0.576. The van der Waals surface area contributed by atoms with E-state index in [-0.39, 0.29) is 0 Å². The molecule has 1 aromatic heterocycles. The van der Waals surface area contributed by atoms with Gasteiger partial charge in [-0.25, -0.2) is 0 Å². The smallest absolute Gasteiger partial charge is 0.101 e. The number of para-hydroxylation sites is 1. The zero-order valence-electron chi connectivity index (χ0n) is 29.7. The van der Waals surface area contributed by atoms with Crippen molar-refractivity contribution in [2.45, 2.75) is 0 Å². The zero-order chi connectivity index (χ0) is 36.9. The van der Waals surface area contributed by atoms with Crippen molar-refractivity contribution in [1.29, 1.82) is 10.5 Å². The second-order valence-electron chi connectivity index (χ2n) is 13.9. The van der Waals surface area contributed by atoms with E-state index in [4.69, 9.17) is 0 Å². The molecule has 9 aromatic carbocycles. The third kappa shape index (κ3) is 5.19. The first-order chi connectivity index (χ1) is 27.2. The van der Waals surface area contributed by atoms with Crippen molar-refractivity contribution in [2.75, 3.05) is 0 Å². The molecule has 0 saturated carbocycles. The Kier molecular flexibility index (Phi) is 7.58. The Morgan fingerprint density at radius 2 is 0.909 bits per heavy atom. The molecule has 10 rings (SSSR count). The quantitative estimate of drug-likeness (QED) is 0.168. The van der Waals surface area contributed by atoms with Crippen LogP contribution in [0.2, 0.25) is 0 Å². The van der Waals surface area contributed by atoms with Crippen LogP contribution in [-0.4, -0.2) is 4.57 Å². The van der Waals surface area contributed by atoms with Gasteiger partial charge in [-0.15, -0.1) is 0 Å². The highest BCUT2D eigenvalue weighted by Crippen LogP contribution is 2.46. The summed E-state index contributed by atoms with van der Waals surface area (Å²) in [4.78, 5) is 0. The molecule has 0 spiro atoms. The lowest BCUT2D eigenvalue weighted by molar-refractivity contribution is 1.17. The van der Waals surface area contributed by atoms with Crippen LogP contribution in [0, 0.1) is 22.7 Å². The Morgan fingerprint density at radius 1 is 0.345 bits per heavy atom. The first kappa shape index (κ1) is 32.0. The minimum Gasteiger partial charge on any atom is -0.308 e. The van der Waals surface area contributed by atoms with Crippen molar-refractivity contribution in [2.24, 2.45) is 0 Å². The summed E-state index contributed by atoms with van der Waals surface area (Å²) in [6, 6.07) is 70.4. The summed E-state index contributed by atoms with van der Waals surface area (Å²) in [6.07, 6.45) is 0. The van der Waals surface area contributed by atoms with Gasteiger partial charge in [0.25, 0.3) is 0 Å². The Hall–Kier alpha value is -7.72. The molecule has 10 aromatic rings. The van der Waals surface area contributed by atoms with Crippen LogP contribution in [0.4, 0.5) is 0 Å². The molecule has 3 nitrogen and oxygen atoms in total. The molecule has 3 heteroatoms. The molecule has 0 amide bonds. The van der Waals surface area contributed by atoms with Gasteiger partial charge in [-0.3, -0.25) is 0 Å². The van der Waals surface area contributed by atoms with Crippen molar-refractivity contribution in [3.63, 3.8) is 0 Å². The van der Waals surface area contributed by atoms with E-state index >= 15 is 0 Å². The molecular weight excluding hydrogens is 667 g/mol. The molecule has 0 unspecified atom stereocenters. The molecule has 254 valence electrons. The highest BCUT2D eigenvalue weighted by molar-refractivity contribution is 6.22. The van der Waals surface area contributed by atoms with E-state index in [0.29, 0.717) is 11.1 Å². The number of rotatable bonds is 5. The molecule has 0 atom stereocenters. The van der Waals surface area contributed by atoms with Gasteiger partial charge in [0, 0.05) is 10.8 Å². The van der Waals surface area contributed by atoms with E-state index in [9.17, 15) is 10.5 Å². The lowest BCUT2D eigenvalue weighted by atomic mass is 9.83. The van der Waals surface area contributed by atoms with E-state index in [1.807, 2.05) is 42.5 Å². The van der Waals surface area contributed by atoms with Gasteiger partial charge >= 0.3 is 0 Å². The van der Waals surface area contributed by atoms with Crippen LogP contribution in [0.15, 0.2) is 188 Å². The molecule has 0 fully saturated rings. The SMILES string of the molecule is N#Cc1ccc2c(c1)c1ccccc1n2-c1ccc(-c2cccc(-c3ccccc3-c3c4ccccc4c(-c4ccccc4)c4ccccc34)c2)cc1C#N. The van der Waals surface area contributed by atoms with Crippen LogP contribution in [0.3, 0.4) is 0 Å². The molecular formula is C52H31N3. The Labute approximate surface area is 318 Å². The van der Waals surface area contributed by atoms with Crippen LogP contribution in [0.25, 0.3) is 93.5 Å². The largest absolute Gasteiger partial charge is 0.308 e. The summed E-state index contributed by atoms with van der Waals surface area (Å²) in [5, 5.41) is 27.1. The normalized spacial score (nSPS) is 11.2. The number of aromatic nitrogens is 1. The molecule has 1 heterocycles. The standard InChI is InChI=1S/C52H31N3/c53-32-34-25-27-50-47(29-34)41-18-10-11-24-49(41)55(50)48-28-26-37(31-39(48)33-54)36-15-12-16-38(30-36)40-17-4-5-19-42(40)52-45-22-8-6-20-43(45)51(35-13-2-1-3-14-35)44-21-7-9-23-46(44)52/h1-31H. The van der Waals surface area contributed by atoms with Gasteiger partial charge in [0.15, 0.2) is 0 Å². The van der Waals surface area contributed by atoms with Crippen molar-refractivity contribution >= 4 is 43.4 Å². The average molecular weight is 698 g/mol. The molecule has 0 saturated heterocycles. The summed E-state index contributed by atoms with van der Waals surface area (Å²) < 4.78 is 2.14. The van der Waals surface area contributed by atoms with E-state index in [2.05, 4.69) is 162 Å². The first-order valence-corrected chi connectivity index (χ1v) is 18.4. The van der Waals surface area contributed by atoms with Gasteiger partial charge < -0.3 is 4.57 Å². The lowest BCUT2D eigenvalue weighted by Crippen LogP contribution is -1.98. The van der Waals surface area contributed by atoms with Crippen molar-refractivity contribution in [3.8, 4) is 62.3 Å². The van der Waals surface area contributed by atoms with Crippen molar-refractivity contribution < 1.29 is 0 Å². The predicted molar refractivity (Wildman–Crippen MR) is 227 cm³/mol. The van der Waals surface area contributed by atoms with Crippen molar-refractivity contribution in [3.05, 3.63) is 199 Å². The fourth-order valence-electron chi connectivity index (χ4n) is 8.46. The second kappa shape index (κ2) is 13.0. The summed E-state index contributed by atoms with van der Waals surface area (Å²) in [7, 11) is 0. The number of hydrogen-bond acceptors (Lipinski definition) is 2. The molecule has 0 aliphatic heterocycles. The highest BCUT2D eigenvalue weighted by atomic mass is 15.0. The zero-order valence-corrected chi connectivity index (χ0v) is 29.7. The lowest BCUT2D eigenvalue weighted by Gasteiger charge is -2.20. The van der Waals surface area contributed by atoms with Crippen LogP contribution in [0.1, 0.15) is 11.1 Å². The molecule has 0 radical (unpaired) electrons. The van der Waals surface area contributed by atoms with Gasteiger partial charge in [0.05, 0.1) is 33.9 Å². The molecule has 55 heavy (non-hydrogen) atoms. The number of nitrogens with zero attached hydrogens (tertiary/aromatic N) is 3. The highest BCUT2D eigenvalue weighted by Gasteiger charge is 2.20. The van der Waals surface area contributed by atoms with Crippen molar-refractivity contribution in [1.82, 2.24) is 4.57 Å². The molecule has 0 aliphatic carbocycles. The van der Waals surface area contributed by atoms with Crippen LogP contribution < -0.4 is 0 Å². The number of nitriles is 2. The number of hydrogen-bond donors (Lipinski definition) is 0. The van der Waals surface area contributed by atoms with Crippen LogP contribution >= 0.6 is 0 Å². The maximum Gasteiger partial charge on any atom is 0.101 e. The summed E-state index contributed by atoms with van der Waals surface area (Å²) >= 11 is 0. The maximum absolute atomic E-state index is 10.6. The van der Waals surface area contributed by atoms with Crippen LogP contribution in [0.5, 0.6) is 0 Å². The van der Waals surface area contributed by atoms with E-state index in [0.717, 1.165) is 49.7 Å². The number of benzene rings is 9. The van der Waals surface area contributed by atoms with E-state index < -0.39 is 0 Å². The Bertz CT molecular complexity index is 3170. The third-order valence-electron chi connectivity index (χ3n) is 10.9. The van der Waals surface area contributed by atoms with E-state index in [1.165, 1.54) is 43.8 Å². The second-order valence-corrected chi connectivity index (χ2v) is 13.9. The van der Waals surface area contributed by atoms with Gasteiger partial charge in [0.1, 0.15) is 6.07 Å². The third-order valence-corrected chi connectivity index (χ3v) is 10.9. The monoisotopic (exact) mass is 697 g/mol. The fraction of sp³-hybridized carbons (Fsp3) is 0. The summed E-state index contributed by atoms with van der Waals surface area (Å²) in [5.41, 5.74) is 13.0. The maximum atomic E-state index is 10.6. The Morgan fingerprint density at radius 3 is 1.62 bits per heavy atom. The van der Waals surface area contributed by atoms with Gasteiger partial charge in [0.2, 0.25) is 0 Å².